The van der Waals surface area contributed by atoms with E-state index in [0.717, 1.165) is 26.1 Å². The summed E-state index contributed by atoms with van der Waals surface area (Å²) in [6, 6.07) is 9.23. The highest BCUT2D eigenvalue weighted by Crippen LogP contribution is 2.16. The first-order chi connectivity index (χ1) is 9.31. The number of hydrogen-bond acceptors (Lipinski definition) is 4. The molecule has 1 aromatic heterocycles. The number of rotatable bonds is 4. The Morgan fingerprint density at radius 3 is 3.00 bits per heavy atom. The van der Waals surface area contributed by atoms with E-state index in [1.165, 1.54) is 21.0 Å². The molecule has 19 heavy (non-hydrogen) atoms. The van der Waals surface area contributed by atoms with Crippen molar-refractivity contribution in [3.8, 4) is 0 Å². The number of nitrogens with zero attached hydrogens (tertiary/aromatic N) is 1. The van der Waals surface area contributed by atoms with Crippen LogP contribution in [0.15, 0.2) is 30.5 Å². The number of fused-ring (bicyclic) bond motifs is 1. The highest BCUT2D eigenvalue weighted by Gasteiger charge is 2.16. The van der Waals surface area contributed by atoms with Gasteiger partial charge in [-0.1, -0.05) is 24.3 Å². The lowest BCUT2D eigenvalue weighted by Crippen LogP contribution is -2.42. The van der Waals surface area contributed by atoms with Gasteiger partial charge in [-0.25, -0.2) is 4.98 Å². The average Bonchev–Trinajstić information content (AvgIpc) is 2.84. The number of benzene rings is 1. The Morgan fingerprint density at radius 1 is 1.37 bits per heavy atom. The van der Waals surface area contributed by atoms with Crippen LogP contribution < -0.4 is 10.6 Å². The third kappa shape index (κ3) is 3.21. The molecule has 1 aromatic carbocycles. The van der Waals surface area contributed by atoms with Gasteiger partial charge in [0.1, 0.15) is 5.01 Å². The maximum Gasteiger partial charge on any atom is 0.107 e. The second-order valence-electron chi connectivity index (χ2n) is 5.05. The first-order valence-electron chi connectivity index (χ1n) is 6.73. The Hall–Kier alpha value is -1.23. The monoisotopic (exact) mass is 273 g/mol. The summed E-state index contributed by atoms with van der Waals surface area (Å²) in [4.78, 5) is 5.65. The van der Waals surface area contributed by atoms with Gasteiger partial charge in [0.2, 0.25) is 0 Å². The summed E-state index contributed by atoms with van der Waals surface area (Å²) >= 11 is 1.77. The number of nitrogens with one attached hydrogen (secondary N) is 2. The molecule has 0 bridgehead atoms. The second kappa shape index (κ2) is 5.82. The molecule has 0 spiro atoms. The number of aryl methyl sites for hydroxylation is 1. The normalized spacial score (nSPS) is 18.3. The molecule has 2 aromatic rings. The van der Waals surface area contributed by atoms with Gasteiger partial charge in [0.25, 0.3) is 0 Å². The Labute approximate surface area is 118 Å². The van der Waals surface area contributed by atoms with E-state index in [0.29, 0.717) is 6.04 Å². The Morgan fingerprint density at radius 2 is 2.21 bits per heavy atom. The van der Waals surface area contributed by atoms with Crippen LogP contribution in [-0.4, -0.2) is 17.6 Å². The third-order valence-electron chi connectivity index (χ3n) is 3.50. The molecule has 1 aliphatic rings. The molecule has 1 atom stereocenters. The fourth-order valence-corrected chi connectivity index (χ4v) is 3.26. The van der Waals surface area contributed by atoms with Crippen LogP contribution in [-0.2, 0) is 19.5 Å². The summed E-state index contributed by atoms with van der Waals surface area (Å²) in [7, 11) is 0. The molecule has 2 heterocycles. The van der Waals surface area contributed by atoms with Crippen LogP contribution >= 0.6 is 11.3 Å². The molecular weight excluding hydrogens is 254 g/mol. The molecule has 3 nitrogen and oxygen atoms in total. The van der Waals surface area contributed by atoms with Crippen molar-refractivity contribution in [2.24, 2.45) is 0 Å². The molecule has 0 amide bonds. The predicted molar refractivity (Wildman–Crippen MR) is 79.3 cm³/mol. The molecule has 4 heteroatoms. The highest BCUT2D eigenvalue weighted by atomic mass is 32.1. The van der Waals surface area contributed by atoms with E-state index in [2.05, 4.69) is 46.8 Å². The lowest BCUT2D eigenvalue weighted by Gasteiger charge is -2.26. The second-order valence-corrected chi connectivity index (χ2v) is 6.37. The first-order valence-corrected chi connectivity index (χ1v) is 7.55. The standard InChI is InChI=1S/C15H19N3S/c1-11-7-18-15(19-11)10-16-9-14-6-12-4-2-3-5-13(12)8-17-14/h2-5,7,14,16-17H,6,8-10H2,1H3. The van der Waals surface area contributed by atoms with Crippen molar-refractivity contribution in [1.29, 1.82) is 0 Å². The maximum atomic E-state index is 4.37. The van der Waals surface area contributed by atoms with E-state index in [1.54, 1.807) is 11.3 Å². The molecule has 1 aliphatic heterocycles. The van der Waals surface area contributed by atoms with E-state index < -0.39 is 0 Å². The van der Waals surface area contributed by atoms with Crippen molar-refractivity contribution in [3.63, 3.8) is 0 Å². The zero-order valence-corrected chi connectivity index (χ0v) is 12.0. The van der Waals surface area contributed by atoms with Crippen LogP contribution in [0.3, 0.4) is 0 Å². The zero-order chi connectivity index (χ0) is 13.1. The minimum atomic E-state index is 0.524. The van der Waals surface area contributed by atoms with E-state index in [1.807, 2.05) is 6.20 Å². The van der Waals surface area contributed by atoms with E-state index in [-0.39, 0.29) is 0 Å². The topological polar surface area (TPSA) is 37.0 Å². The fourth-order valence-electron chi connectivity index (χ4n) is 2.50. The number of hydrogen-bond donors (Lipinski definition) is 2. The summed E-state index contributed by atoms with van der Waals surface area (Å²) in [6.07, 6.45) is 3.05. The van der Waals surface area contributed by atoms with Crippen LogP contribution in [0, 0.1) is 6.92 Å². The van der Waals surface area contributed by atoms with Crippen molar-refractivity contribution in [2.45, 2.75) is 32.5 Å². The summed E-state index contributed by atoms with van der Waals surface area (Å²) in [6.45, 7) is 4.95. The molecule has 0 saturated heterocycles. The third-order valence-corrected chi connectivity index (χ3v) is 4.41. The predicted octanol–water partition coefficient (Wildman–Crippen LogP) is 2.26. The van der Waals surface area contributed by atoms with Crippen LogP contribution in [0.2, 0.25) is 0 Å². The SMILES string of the molecule is Cc1cnc(CNCC2Cc3ccccc3CN2)s1. The van der Waals surface area contributed by atoms with E-state index >= 15 is 0 Å². The number of aromatic nitrogens is 1. The van der Waals surface area contributed by atoms with Gasteiger partial charge in [0.15, 0.2) is 0 Å². The van der Waals surface area contributed by atoms with Crippen LogP contribution in [0.5, 0.6) is 0 Å². The Kier molecular flexibility index (Phi) is 3.92. The van der Waals surface area contributed by atoms with Gasteiger partial charge >= 0.3 is 0 Å². The first kappa shape index (κ1) is 12.8. The summed E-state index contributed by atoms with van der Waals surface area (Å²) in [5, 5.41) is 8.26. The molecule has 0 fully saturated rings. The molecule has 0 saturated carbocycles. The van der Waals surface area contributed by atoms with Gasteiger partial charge in [-0.3, -0.25) is 0 Å². The summed E-state index contributed by atoms with van der Waals surface area (Å²) < 4.78 is 0. The smallest absolute Gasteiger partial charge is 0.107 e. The van der Waals surface area contributed by atoms with Crippen molar-refractivity contribution >= 4 is 11.3 Å². The average molecular weight is 273 g/mol. The maximum absolute atomic E-state index is 4.37. The largest absolute Gasteiger partial charge is 0.309 e. The minimum absolute atomic E-state index is 0.524. The van der Waals surface area contributed by atoms with Gasteiger partial charge < -0.3 is 10.6 Å². The number of thiazole rings is 1. The Balaban J connectivity index is 1.50. The summed E-state index contributed by atoms with van der Waals surface area (Å²) in [5.74, 6) is 0. The summed E-state index contributed by atoms with van der Waals surface area (Å²) in [5.41, 5.74) is 2.92. The van der Waals surface area contributed by atoms with Crippen molar-refractivity contribution < 1.29 is 0 Å². The van der Waals surface area contributed by atoms with Gasteiger partial charge in [-0.2, -0.15) is 0 Å². The van der Waals surface area contributed by atoms with E-state index in [4.69, 9.17) is 0 Å². The highest BCUT2D eigenvalue weighted by molar-refractivity contribution is 7.11. The Bertz CT molecular complexity index is 550. The van der Waals surface area contributed by atoms with Gasteiger partial charge in [-0.05, 0) is 24.5 Å². The molecular formula is C15H19N3S. The fraction of sp³-hybridized carbons (Fsp3) is 0.400. The van der Waals surface area contributed by atoms with Gasteiger partial charge in [0.05, 0.1) is 0 Å². The van der Waals surface area contributed by atoms with Crippen molar-refractivity contribution in [2.75, 3.05) is 6.54 Å². The lowest BCUT2D eigenvalue weighted by atomic mass is 9.96. The minimum Gasteiger partial charge on any atom is -0.309 e. The van der Waals surface area contributed by atoms with E-state index in [9.17, 15) is 0 Å². The van der Waals surface area contributed by atoms with Crippen molar-refractivity contribution in [3.05, 3.63) is 51.5 Å². The zero-order valence-electron chi connectivity index (χ0n) is 11.1. The molecule has 100 valence electrons. The van der Waals surface area contributed by atoms with Crippen LogP contribution in [0.4, 0.5) is 0 Å². The van der Waals surface area contributed by atoms with Crippen molar-refractivity contribution in [1.82, 2.24) is 15.6 Å². The van der Waals surface area contributed by atoms with Gasteiger partial charge in [0, 0.05) is 36.8 Å². The molecule has 1 unspecified atom stereocenters. The molecule has 3 rings (SSSR count). The molecule has 2 N–H and O–H groups in total. The molecule has 0 aliphatic carbocycles. The molecule has 0 radical (unpaired) electrons. The van der Waals surface area contributed by atoms with Gasteiger partial charge in [-0.15, -0.1) is 11.3 Å². The quantitative estimate of drug-likeness (QED) is 0.897. The lowest BCUT2D eigenvalue weighted by molar-refractivity contribution is 0.447. The van der Waals surface area contributed by atoms with Crippen LogP contribution in [0.25, 0.3) is 0 Å². The van der Waals surface area contributed by atoms with Crippen LogP contribution in [0.1, 0.15) is 21.0 Å².